The summed E-state index contributed by atoms with van der Waals surface area (Å²) in [6, 6.07) is 6.62. The molecule has 0 aliphatic heterocycles. The van der Waals surface area contributed by atoms with E-state index in [9.17, 15) is 0 Å². The summed E-state index contributed by atoms with van der Waals surface area (Å²) in [6.45, 7) is 4.44. The van der Waals surface area contributed by atoms with Crippen LogP contribution in [0.2, 0.25) is 0 Å². The molecular formula is C16H23N. The number of para-hydroxylation sites is 1. The van der Waals surface area contributed by atoms with Gasteiger partial charge in [-0.15, -0.1) is 0 Å². The van der Waals surface area contributed by atoms with E-state index in [0.29, 0.717) is 0 Å². The maximum Gasteiger partial charge on any atom is 0.0692 e. The molecule has 0 unspecified atom stereocenters. The van der Waals surface area contributed by atoms with Crippen molar-refractivity contribution in [3.05, 3.63) is 29.3 Å². The van der Waals surface area contributed by atoms with Gasteiger partial charge in [-0.2, -0.15) is 0 Å². The summed E-state index contributed by atoms with van der Waals surface area (Å²) in [4.78, 5) is 4.98. The third-order valence-electron chi connectivity index (χ3n) is 3.67. The van der Waals surface area contributed by atoms with Gasteiger partial charge in [0.15, 0.2) is 0 Å². The van der Waals surface area contributed by atoms with Crippen LogP contribution in [0.1, 0.15) is 57.1 Å². The lowest BCUT2D eigenvalue weighted by Gasteiger charge is -2.15. The van der Waals surface area contributed by atoms with Crippen LogP contribution < -0.4 is 0 Å². The van der Waals surface area contributed by atoms with E-state index in [4.69, 9.17) is 4.99 Å². The van der Waals surface area contributed by atoms with Crippen molar-refractivity contribution < 1.29 is 0 Å². The predicted molar refractivity (Wildman–Crippen MR) is 75.4 cm³/mol. The van der Waals surface area contributed by atoms with E-state index >= 15 is 0 Å². The van der Waals surface area contributed by atoms with Crippen molar-refractivity contribution in [3.63, 3.8) is 0 Å². The number of aryl methyl sites for hydroxylation is 2. The summed E-state index contributed by atoms with van der Waals surface area (Å²) >= 11 is 0. The number of hydrogen-bond donors (Lipinski definition) is 0. The molecular weight excluding hydrogens is 206 g/mol. The second-order valence-electron chi connectivity index (χ2n) is 4.87. The van der Waals surface area contributed by atoms with Crippen LogP contribution >= 0.6 is 0 Å². The Kier molecular flexibility index (Phi) is 4.36. The van der Waals surface area contributed by atoms with Gasteiger partial charge in [0.2, 0.25) is 0 Å². The zero-order valence-electron chi connectivity index (χ0n) is 11.1. The van der Waals surface area contributed by atoms with Crippen molar-refractivity contribution in [1.82, 2.24) is 0 Å². The van der Waals surface area contributed by atoms with E-state index in [1.807, 2.05) is 0 Å². The molecule has 1 saturated carbocycles. The standard InChI is InChI=1S/C16H23N/c1-3-13-9-8-10-14(4-2)16(13)17-15-11-6-5-7-12-15/h8-10H,3-7,11-12H2,1-2H3. The van der Waals surface area contributed by atoms with Crippen LogP contribution in [0.25, 0.3) is 0 Å². The fourth-order valence-corrected chi connectivity index (χ4v) is 2.59. The van der Waals surface area contributed by atoms with Crippen molar-refractivity contribution in [2.24, 2.45) is 4.99 Å². The van der Waals surface area contributed by atoms with Gasteiger partial charge in [0.05, 0.1) is 5.69 Å². The molecule has 0 bridgehead atoms. The molecule has 0 N–H and O–H groups in total. The van der Waals surface area contributed by atoms with Gasteiger partial charge in [0.25, 0.3) is 0 Å². The molecule has 1 heteroatoms. The summed E-state index contributed by atoms with van der Waals surface area (Å²) in [6.07, 6.45) is 8.63. The molecule has 1 aromatic carbocycles. The van der Waals surface area contributed by atoms with Crippen LogP contribution in [0.4, 0.5) is 5.69 Å². The van der Waals surface area contributed by atoms with E-state index < -0.39 is 0 Å². The van der Waals surface area contributed by atoms with Crippen LogP contribution in [-0.2, 0) is 12.8 Å². The van der Waals surface area contributed by atoms with E-state index in [1.165, 1.54) is 54.6 Å². The van der Waals surface area contributed by atoms with Gasteiger partial charge in [-0.25, -0.2) is 0 Å². The fraction of sp³-hybridized carbons (Fsp3) is 0.562. The van der Waals surface area contributed by atoms with Crippen molar-refractivity contribution in [2.75, 3.05) is 0 Å². The van der Waals surface area contributed by atoms with E-state index in [2.05, 4.69) is 32.0 Å². The fourth-order valence-electron chi connectivity index (χ4n) is 2.59. The monoisotopic (exact) mass is 229 g/mol. The maximum absolute atomic E-state index is 4.98. The first kappa shape index (κ1) is 12.3. The number of nitrogens with zero attached hydrogens (tertiary/aromatic N) is 1. The molecule has 1 aromatic rings. The van der Waals surface area contributed by atoms with Crippen LogP contribution in [0.3, 0.4) is 0 Å². The van der Waals surface area contributed by atoms with Gasteiger partial charge in [-0.05, 0) is 49.7 Å². The molecule has 1 fully saturated rings. The Bertz CT molecular complexity index is 374. The zero-order valence-corrected chi connectivity index (χ0v) is 11.1. The third-order valence-corrected chi connectivity index (χ3v) is 3.67. The Labute approximate surface area is 105 Å². The molecule has 0 saturated heterocycles. The van der Waals surface area contributed by atoms with Crippen LogP contribution in [0.5, 0.6) is 0 Å². The lowest BCUT2D eigenvalue weighted by molar-refractivity contribution is 0.666. The summed E-state index contributed by atoms with van der Waals surface area (Å²) < 4.78 is 0. The lowest BCUT2D eigenvalue weighted by Crippen LogP contribution is -2.04. The first-order valence-corrected chi connectivity index (χ1v) is 7.02. The Morgan fingerprint density at radius 3 is 2.06 bits per heavy atom. The van der Waals surface area contributed by atoms with Crippen molar-refractivity contribution >= 4 is 11.4 Å². The number of benzene rings is 1. The minimum Gasteiger partial charge on any atom is -0.257 e. The maximum atomic E-state index is 4.98. The highest BCUT2D eigenvalue weighted by Gasteiger charge is 2.10. The number of aliphatic imine (C=N–C) groups is 1. The molecule has 0 heterocycles. The molecule has 0 atom stereocenters. The van der Waals surface area contributed by atoms with Crippen LogP contribution in [0, 0.1) is 0 Å². The average Bonchev–Trinajstić information content (AvgIpc) is 2.40. The quantitative estimate of drug-likeness (QED) is 0.702. The smallest absolute Gasteiger partial charge is 0.0692 e. The second kappa shape index (κ2) is 6.00. The molecule has 1 aliphatic carbocycles. The molecule has 2 rings (SSSR count). The minimum absolute atomic E-state index is 1.08. The predicted octanol–water partition coefficient (Wildman–Crippen LogP) is 4.85. The highest BCUT2D eigenvalue weighted by molar-refractivity contribution is 5.88. The molecule has 1 nitrogen and oxygen atoms in total. The largest absolute Gasteiger partial charge is 0.257 e. The molecule has 0 radical (unpaired) electrons. The van der Waals surface area contributed by atoms with Crippen LogP contribution in [-0.4, -0.2) is 5.71 Å². The summed E-state index contributed by atoms with van der Waals surface area (Å²) in [5.41, 5.74) is 5.51. The Balaban J connectivity index is 2.34. The molecule has 0 amide bonds. The highest BCUT2D eigenvalue weighted by Crippen LogP contribution is 2.28. The van der Waals surface area contributed by atoms with Gasteiger partial charge in [0, 0.05) is 5.71 Å². The summed E-state index contributed by atoms with van der Waals surface area (Å²) in [7, 11) is 0. The molecule has 92 valence electrons. The van der Waals surface area contributed by atoms with Crippen molar-refractivity contribution in [1.29, 1.82) is 0 Å². The van der Waals surface area contributed by atoms with Gasteiger partial charge in [-0.3, -0.25) is 4.99 Å². The van der Waals surface area contributed by atoms with Crippen molar-refractivity contribution in [2.45, 2.75) is 58.8 Å². The topological polar surface area (TPSA) is 12.4 Å². The Morgan fingerprint density at radius 1 is 0.941 bits per heavy atom. The van der Waals surface area contributed by atoms with E-state index in [0.717, 1.165) is 12.8 Å². The lowest BCUT2D eigenvalue weighted by atomic mass is 9.97. The normalized spacial score (nSPS) is 16.0. The van der Waals surface area contributed by atoms with Gasteiger partial charge in [-0.1, -0.05) is 38.5 Å². The van der Waals surface area contributed by atoms with Gasteiger partial charge in [0.1, 0.15) is 0 Å². The van der Waals surface area contributed by atoms with Gasteiger partial charge < -0.3 is 0 Å². The molecule has 0 aromatic heterocycles. The first-order valence-electron chi connectivity index (χ1n) is 7.02. The summed E-state index contributed by atoms with van der Waals surface area (Å²) in [5, 5.41) is 0. The van der Waals surface area contributed by atoms with E-state index in [1.54, 1.807) is 0 Å². The zero-order chi connectivity index (χ0) is 12.1. The molecule has 0 spiro atoms. The highest BCUT2D eigenvalue weighted by atomic mass is 14.8. The molecule has 17 heavy (non-hydrogen) atoms. The number of rotatable bonds is 3. The average molecular weight is 229 g/mol. The van der Waals surface area contributed by atoms with Crippen LogP contribution in [0.15, 0.2) is 23.2 Å². The van der Waals surface area contributed by atoms with E-state index in [-0.39, 0.29) is 0 Å². The third kappa shape index (κ3) is 2.96. The minimum atomic E-state index is 1.08. The summed E-state index contributed by atoms with van der Waals surface area (Å²) in [5.74, 6) is 0. The SMILES string of the molecule is CCc1cccc(CC)c1N=C1CCCCC1. The molecule has 1 aliphatic rings. The first-order chi connectivity index (χ1) is 8.35. The number of hydrogen-bond acceptors (Lipinski definition) is 1. The Hall–Kier alpha value is -1.11. The second-order valence-corrected chi connectivity index (χ2v) is 4.87. The van der Waals surface area contributed by atoms with Gasteiger partial charge >= 0.3 is 0 Å². The Morgan fingerprint density at radius 2 is 1.53 bits per heavy atom. The van der Waals surface area contributed by atoms with Crippen molar-refractivity contribution in [3.8, 4) is 0 Å².